The fraction of sp³-hybridized carbons (Fsp3) is 0.235. The number of aryl methyl sites for hydroxylation is 1. The lowest BCUT2D eigenvalue weighted by Gasteiger charge is -2.10. The van der Waals surface area contributed by atoms with Gasteiger partial charge in [0.15, 0.2) is 11.5 Å². The first-order valence-electron chi connectivity index (χ1n) is 6.69. The summed E-state index contributed by atoms with van der Waals surface area (Å²) in [5, 5.41) is 0.529. The van der Waals surface area contributed by atoms with Crippen molar-refractivity contribution in [3.8, 4) is 17.2 Å². The zero-order valence-electron chi connectivity index (χ0n) is 13.0. The minimum absolute atomic E-state index is 0.529. The summed E-state index contributed by atoms with van der Waals surface area (Å²) >= 11 is 6.09. The van der Waals surface area contributed by atoms with E-state index in [0.717, 1.165) is 16.8 Å². The number of nitrogens with zero attached hydrogens (tertiary/aromatic N) is 1. The molecule has 0 spiro atoms. The first-order valence-corrected chi connectivity index (χ1v) is 7.07. The predicted molar refractivity (Wildman–Crippen MR) is 89.5 cm³/mol. The summed E-state index contributed by atoms with van der Waals surface area (Å²) in [4.78, 5) is 4.44. The minimum Gasteiger partial charge on any atom is -0.495 e. The van der Waals surface area contributed by atoms with Crippen LogP contribution in [-0.2, 0) is 0 Å². The smallest absolute Gasteiger partial charge is 0.161 e. The first-order chi connectivity index (χ1) is 10.6. The third-order valence-corrected chi connectivity index (χ3v) is 3.56. The predicted octanol–water partition coefficient (Wildman–Crippen LogP) is 4.42. The molecule has 0 amide bonds. The molecule has 0 fully saturated rings. The van der Waals surface area contributed by atoms with E-state index in [2.05, 4.69) is 4.99 Å². The Morgan fingerprint density at radius 1 is 0.909 bits per heavy atom. The molecule has 0 N–H and O–H groups in total. The Morgan fingerprint density at radius 2 is 1.55 bits per heavy atom. The maximum atomic E-state index is 6.09. The van der Waals surface area contributed by atoms with E-state index in [1.54, 1.807) is 39.7 Å². The Hall–Kier alpha value is -2.20. The van der Waals surface area contributed by atoms with Crippen molar-refractivity contribution in [1.29, 1.82) is 0 Å². The molecular weight excluding hydrogens is 302 g/mol. The molecular formula is C17H18ClNO3. The number of aliphatic imine (C=N–C) groups is 1. The van der Waals surface area contributed by atoms with Gasteiger partial charge in [-0.2, -0.15) is 0 Å². The average Bonchev–Trinajstić information content (AvgIpc) is 2.53. The van der Waals surface area contributed by atoms with Crippen LogP contribution in [0.3, 0.4) is 0 Å². The normalized spacial score (nSPS) is 10.8. The molecule has 5 heteroatoms. The number of ether oxygens (including phenoxy) is 3. The van der Waals surface area contributed by atoms with Gasteiger partial charge in [0, 0.05) is 6.21 Å². The van der Waals surface area contributed by atoms with Crippen LogP contribution in [0.2, 0.25) is 5.02 Å². The van der Waals surface area contributed by atoms with Gasteiger partial charge in [-0.15, -0.1) is 0 Å². The Labute approximate surface area is 135 Å². The summed E-state index contributed by atoms with van der Waals surface area (Å²) in [6, 6.07) is 9.20. The molecule has 2 aromatic carbocycles. The third-order valence-electron chi connectivity index (χ3n) is 3.26. The van der Waals surface area contributed by atoms with E-state index in [4.69, 9.17) is 25.8 Å². The van der Waals surface area contributed by atoms with Crippen molar-refractivity contribution in [1.82, 2.24) is 0 Å². The monoisotopic (exact) mass is 319 g/mol. The van der Waals surface area contributed by atoms with E-state index >= 15 is 0 Å². The van der Waals surface area contributed by atoms with Crippen LogP contribution in [0.5, 0.6) is 17.2 Å². The molecule has 2 aromatic rings. The minimum atomic E-state index is 0.529. The van der Waals surface area contributed by atoms with E-state index < -0.39 is 0 Å². The lowest BCUT2D eigenvalue weighted by Crippen LogP contribution is -1.95. The van der Waals surface area contributed by atoms with Gasteiger partial charge in [0.05, 0.1) is 32.0 Å². The summed E-state index contributed by atoms with van der Waals surface area (Å²) in [5.74, 6) is 2.00. The average molecular weight is 320 g/mol. The quantitative estimate of drug-likeness (QED) is 0.766. The lowest BCUT2D eigenvalue weighted by atomic mass is 10.1. The molecule has 0 aliphatic rings. The second-order valence-electron chi connectivity index (χ2n) is 4.64. The third kappa shape index (κ3) is 3.52. The molecule has 0 radical (unpaired) electrons. The maximum Gasteiger partial charge on any atom is 0.161 e. The van der Waals surface area contributed by atoms with Crippen molar-refractivity contribution in [2.24, 2.45) is 4.99 Å². The highest BCUT2D eigenvalue weighted by atomic mass is 35.5. The zero-order valence-corrected chi connectivity index (χ0v) is 13.8. The highest BCUT2D eigenvalue weighted by molar-refractivity contribution is 6.32. The van der Waals surface area contributed by atoms with Crippen molar-refractivity contribution >= 4 is 23.5 Å². The number of benzene rings is 2. The van der Waals surface area contributed by atoms with E-state index in [0.29, 0.717) is 22.3 Å². The maximum absolute atomic E-state index is 6.09. The Bertz CT molecular complexity index is 699. The van der Waals surface area contributed by atoms with Crippen molar-refractivity contribution < 1.29 is 14.2 Å². The van der Waals surface area contributed by atoms with E-state index in [9.17, 15) is 0 Å². The highest BCUT2D eigenvalue weighted by Gasteiger charge is 2.07. The van der Waals surface area contributed by atoms with Gasteiger partial charge in [0.25, 0.3) is 0 Å². The number of rotatable bonds is 5. The van der Waals surface area contributed by atoms with Crippen LogP contribution in [0.1, 0.15) is 11.1 Å². The van der Waals surface area contributed by atoms with Crippen LogP contribution in [0.15, 0.2) is 35.3 Å². The van der Waals surface area contributed by atoms with E-state index in [-0.39, 0.29) is 0 Å². The Balaban J connectivity index is 2.31. The summed E-state index contributed by atoms with van der Waals surface area (Å²) in [5.41, 5.74) is 2.74. The van der Waals surface area contributed by atoms with Gasteiger partial charge < -0.3 is 14.2 Å². The number of halogens is 1. The fourth-order valence-corrected chi connectivity index (χ4v) is 2.27. The van der Waals surface area contributed by atoms with Gasteiger partial charge in [-0.1, -0.05) is 11.6 Å². The SMILES string of the molecule is COc1ccc(N=Cc2cc(OC)c(OC)cc2C)cc1Cl. The molecule has 0 atom stereocenters. The first kappa shape index (κ1) is 16.2. The van der Waals surface area contributed by atoms with Crippen LogP contribution in [0, 0.1) is 6.92 Å². The molecule has 0 heterocycles. The Kier molecular flexibility index (Phi) is 5.28. The fourth-order valence-electron chi connectivity index (χ4n) is 2.02. The van der Waals surface area contributed by atoms with Crippen molar-refractivity contribution in [2.75, 3.05) is 21.3 Å². The second-order valence-corrected chi connectivity index (χ2v) is 5.05. The molecule has 0 saturated heterocycles. The molecule has 0 aliphatic heterocycles. The standard InChI is InChI=1S/C17H18ClNO3/c1-11-7-16(21-3)17(22-4)8-12(11)10-19-13-5-6-15(20-2)14(18)9-13/h5-10H,1-4H3. The second kappa shape index (κ2) is 7.18. The van der Waals surface area contributed by atoms with Gasteiger partial charge in [0.1, 0.15) is 5.75 Å². The van der Waals surface area contributed by atoms with Crippen LogP contribution in [0.4, 0.5) is 5.69 Å². The number of hydrogen-bond donors (Lipinski definition) is 0. The van der Waals surface area contributed by atoms with Gasteiger partial charge >= 0.3 is 0 Å². The molecule has 22 heavy (non-hydrogen) atoms. The van der Waals surface area contributed by atoms with Crippen LogP contribution in [0.25, 0.3) is 0 Å². The highest BCUT2D eigenvalue weighted by Crippen LogP contribution is 2.31. The zero-order chi connectivity index (χ0) is 16.1. The summed E-state index contributed by atoms with van der Waals surface area (Å²) in [6.45, 7) is 1.99. The molecule has 0 bridgehead atoms. The van der Waals surface area contributed by atoms with E-state index in [1.165, 1.54) is 0 Å². The van der Waals surface area contributed by atoms with Gasteiger partial charge in [0.2, 0.25) is 0 Å². The van der Waals surface area contributed by atoms with Gasteiger partial charge in [-0.3, -0.25) is 4.99 Å². The number of hydrogen-bond acceptors (Lipinski definition) is 4. The van der Waals surface area contributed by atoms with Crippen LogP contribution >= 0.6 is 11.6 Å². The van der Waals surface area contributed by atoms with Gasteiger partial charge in [-0.25, -0.2) is 0 Å². The number of methoxy groups -OCH3 is 3. The molecule has 4 nitrogen and oxygen atoms in total. The molecule has 0 aliphatic carbocycles. The molecule has 0 unspecified atom stereocenters. The summed E-state index contributed by atoms with van der Waals surface area (Å²) in [6.07, 6.45) is 1.77. The Morgan fingerprint density at radius 3 is 2.14 bits per heavy atom. The van der Waals surface area contributed by atoms with Gasteiger partial charge in [-0.05, 0) is 48.4 Å². The van der Waals surface area contributed by atoms with Crippen LogP contribution in [-0.4, -0.2) is 27.5 Å². The van der Waals surface area contributed by atoms with Crippen molar-refractivity contribution in [2.45, 2.75) is 6.92 Å². The van der Waals surface area contributed by atoms with Crippen molar-refractivity contribution in [3.63, 3.8) is 0 Å². The van der Waals surface area contributed by atoms with E-state index in [1.807, 2.05) is 25.1 Å². The topological polar surface area (TPSA) is 40.0 Å². The summed E-state index contributed by atoms with van der Waals surface area (Å²) < 4.78 is 15.7. The van der Waals surface area contributed by atoms with Crippen LogP contribution < -0.4 is 14.2 Å². The molecule has 0 aromatic heterocycles. The molecule has 116 valence electrons. The molecule has 0 saturated carbocycles. The largest absolute Gasteiger partial charge is 0.495 e. The van der Waals surface area contributed by atoms with Crippen molar-refractivity contribution in [3.05, 3.63) is 46.5 Å². The summed E-state index contributed by atoms with van der Waals surface area (Å²) in [7, 11) is 4.80. The molecule has 2 rings (SSSR count). The lowest BCUT2D eigenvalue weighted by molar-refractivity contribution is 0.354.